The lowest BCUT2D eigenvalue weighted by Crippen LogP contribution is -2.22. The summed E-state index contributed by atoms with van der Waals surface area (Å²) >= 11 is 5.69. The molecule has 5 rings (SSSR count). The van der Waals surface area contributed by atoms with Crippen LogP contribution >= 0.6 is 38.5 Å². The van der Waals surface area contributed by atoms with Crippen molar-refractivity contribution in [2.75, 3.05) is 0 Å². The number of hydrogen-bond acceptors (Lipinski definition) is 2. The van der Waals surface area contributed by atoms with E-state index in [2.05, 4.69) is 61.4 Å². The van der Waals surface area contributed by atoms with Gasteiger partial charge in [0.1, 0.15) is 5.82 Å². The van der Waals surface area contributed by atoms with Gasteiger partial charge < -0.3 is 4.57 Å². The molecule has 2 aromatic heterocycles. The lowest BCUT2D eigenvalue weighted by Gasteiger charge is -2.12. The molecule has 0 bridgehead atoms. The SMILES string of the molecule is Cn1cc(C=Cc2nc3ccc(I)cc3c(=O)n2-c2ccc(Br)cc2)c2ccccc21. The van der Waals surface area contributed by atoms with E-state index in [0.717, 1.165) is 30.2 Å². The Labute approximate surface area is 201 Å². The molecule has 0 radical (unpaired) electrons. The first-order chi connectivity index (χ1) is 15.0. The van der Waals surface area contributed by atoms with Crippen molar-refractivity contribution in [3.8, 4) is 5.69 Å². The molecule has 0 unspecified atom stereocenters. The average Bonchev–Trinajstić information content (AvgIpc) is 3.10. The number of fused-ring (bicyclic) bond motifs is 2. The topological polar surface area (TPSA) is 39.8 Å². The summed E-state index contributed by atoms with van der Waals surface area (Å²) in [5, 5.41) is 1.77. The Balaban J connectivity index is 1.74. The second-order valence-corrected chi connectivity index (χ2v) is 9.46. The summed E-state index contributed by atoms with van der Waals surface area (Å²) < 4.78 is 5.74. The van der Waals surface area contributed by atoms with E-state index in [1.807, 2.05) is 73.8 Å². The zero-order valence-corrected chi connectivity index (χ0v) is 20.3. The molecule has 0 fully saturated rings. The molecule has 3 aromatic carbocycles. The fourth-order valence-electron chi connectivity index (χ4n) is 3.80. The van der Waals surface area contributed by atoms with Gasteiger partial charge >= 0.3 is 0 Å². The van der Waals surface area contributed by atoms with Crippen LogP contribution in [0.15, 0.2) is 82.2 Å². The maximum Gasteiger partial charge on any atom is 0.266 e. The molecule has 5 aromatic rings. The van der Waals surface area contributed by atoms with Crippen molar-refractivity contribution < 1.29 is 0 Å². The maximum atomic E-state index is 13.5. The quantitative estimate of drug-likeness (QED) is 0.231. The number of nitrogens with zero attached hydrogens (tertiary/aromatic N) is 3. The average molecular weight is 582 g/mol. The van der Waals surface area contributed by atoms with Crippen LogP contribution in [0.2, 0.25) is 0 Å². The summed E-state index contributed by atoms with van der Waals surface area (Å²) in [6.45, 7) is 0. The highest BCUT2D eigenvalue weighted by Gasteiger charge is 2.12. The molecule has 0 spiro atoms. The van der Waals surface area contributed by atoms with Crippen LogP contribution in [-0.2, 0) is 7.05 Å². The molecule has 0 saturated heterocycles. The summed E-state index contributed by atoms with van der Waals surface area (Å²) in [6.07, 6.45) is 6.03. The van der Waals surface area contributed by atoms with E-state index in [4.69, 9.17) is 4.98 Å². The number of rotatable bonds is 3. The summed E-state index contributed by atoms with van der Waals surface area (Å²) in [6, 6.07) is 21.7. The first-order valence-electron chi connectivity index (χ1n) is 9.72. The molecule has 6 heteroatoms. The third kappa shape index (κ3) is 3.74. The third-order valence-electron chi connectivity index (χ3n) is 5.28. The van der Waals surface area contributed by atoms with Crippen LogP contribution < -0.4 is 5.56 Å². The van der Waals surface area contributed by atoms with Crippen molar-refractivity contribution in [2.45, 2.75) is 0 Å². The molecule has 0 N–H and O–H groups in total. The predicted molar refractivity (Wildman–Crippen MR) is 140 cm³/mol. The van der Waals surface area contributed by atoms with Gasteiger partial charge in [-0.3, -0.25) is 9.36 Å². The van der Waals surface area contributed by atoms with Crippen LogP contribution in [0.3, 0.4) is 0 Å². The first-order valence-corrected chi connectivity index (χ1v) is 11.6. The van der Waals surface area contributed by atoms with Crippen molar-refractivity contribution in [3.05, 3.63) is 103 Å². The van der Waals surface area contributed by atoms with E-state index in [0.29, 0.717) is 16.7 Å². The van der Waals surface area contributed by atoms with Gasteiger partial charge in [0.2, 0.25) is 0 Å². The standard InChI is InChI=1S/C25H17BrIN3O/c1-29-15-16(20-4-2-3-5-23(20)29)6-13-24-28-22-12-9-18(27)14-21(22)25(31)30(24)19-10-7-17(26)8-11-19/h2-15H,1H3. The molecular formula is C25H17BrIN3O. The number of aryl methyl sites for hydroxylation is 1. The van der Waals surface area contributed by atoms with E-state index in [-0.39, 0.29) is 5.56 Å². The Morgan fingerprint density at radius 2 is 1.74 bits per heavy atom. The Kier molecular flexibility index (Phi) is 5.27. The van der Waals surface area contributed by atoms with Crippen LogP contribution in [0.25, 0.3) is 39.6 Å². The fourth-order valence-corrected chi connectivity index (χ4v) is 4.55. The van der Waals surface area contributed by atoms with Crippen LogP contribution in [0.1, 0.15) is 11.4 Å². The summed E-state index contributed by atoms with van der Waals surface area (Å²) in [5.74, 6) is 0.592. The Morgan fingerprint density at radius 1 is 0.968 bits per heavy atom. The molecular weight excluding hydrogens is 565 g/mol. The molecule has 4 nitrogen and oxygen atoms in total. The number of hydrogen-bond donors (Lipinski definition) is 0. The van der Waals surface area contributed by atoms with E-state index >= 15 is 0 Å². The molecule has 0 aliphatic carbocycles. The lowest BCUT2D eigenvalue weighted by atomic mass is 10.1. The highest BCUT2D eigenvalue weighted by molar-refractivity contribution is 14.1. The van der Waals surface area contributed by atoms with Crippen molar-refractivity contribution in [2.24, 2.45) is 7.05 Å². The van der Waals surface area contributed by atoms with Gasteiger partial charge in [-0.25, -0.2) is 4.98 Å². The summed E-state index contributed by atoms with van der Waals surface area (Å²) in [5.41, 5.74) is 3.63. The predicted octanol–water partition coefficient (Wildman–Crippen LogP) is 6.41. The highest BCUT2D eigenvalue weighted by atomic mass is 127. The summed E-state index contributed by atoms with van der Waals surface area (Å²) in [4.78, 5) is 18.3. The molecule has 0 aliphatic rings. The molecule has 2 heterocycles. The Morgan fingerprint density at radius 3 is 2.55 bits per heavy atom. The van der Waals surface area contributed by atoms with E-state index in [1.165, 1.54) is 0 Å². The van der Waals surface area contributed by atoms with Crippen LogP contribution in [0, 0.1) is 3.57 Å². The number of aromatic nitrogens is 3. The Bertz CT molecular complexity index is 1530. The van der Waals surface area contributed by atoms with E-state index < -0.39 is 0 Å². The van der Waals surface area contributed by atoms with Crippen molar-refractivity contribution in [3.63, 3.8) is 0 Å². The Hall–Kier alpha value is -2.71. The van der Waals surface area contributed by atoms with Crippen LogP contribution in [0.5, 0.6) is 0 Å². The monoisotopic (exact) mass is 581 g/mol. The molecule has 0 amide bonds. The normalized spacial score (nSPS) is 11.7. The van der Waals surface area contributed by atoms with Gasteiger partial charge in [0, 0.05) is 37.8 Å². The molecule has 0 aliphatic heterocycles. The van der Waals surface area contributed by atoms with Gasteiger partial charge in [-0.2, -0.15) is 0 Å². The van der Waals surface area contributed by atoms with Crippen molar-refractivity contribution in [1.82, 2.24) is 14.1 Å². The van der Waals surface area contributed by atoms with Crippen LogP contribution in [0.4, 0.5) is 0 Å². The number of halogens is 2. The minimum Gasteiger partial charge on any atom is -0.350 e. The molecule has 0 atom stereocenters. The minimum atomic E-state index is -0.0802. The van der Waals surface area contributed by atoms with E-state index in [9.17, 15) is 4.79 Å². The fraction of sp³-hybridized carbons (Fsp3) is 0.0400. The molecule has 0 saturated carbocycles. The number of para-hydroxylation sites is 1. The van der Waals surface area contributed by atoms with Crippen LogP contribution in [-0.4, -0.2) is 14.1 Å². The van der Waals surface area contributed by atoms with Gasteiger partial charge in [0.15, 0.2) is 0 Å². The highest BCUT2D eigenvalue weighted by Crippen LogP contribution is 2.23. The van der Waals surface area contributed by atoms with Gasteiger partial charge in [-0.05, 0) is 83.3 Å². The van der Waals surface area contributed by atoms with Crippen molar-refractivity contribution >= 4 is 72.5 Å². The zero-order valence-electron chi connectivity index (χ0n) is 16.6. The smallest absolute Gasteiger partial charge is 0.266 e. The van der Waals surface area contributed by atoms with Crippen molar-refractivity contribution in [1.29, 1.82) is 0 Å². The van der Waals surface area contributed by atoms with Gasteiger partial charge in [-0.15, -0.1) is 0 Å². The zero-order chi connectivity index (χ0) is 21.5. The minimum absolute atomic E-state index is 0.0802. The second-order valence-electron chi connectivity index (χ2n) is 7.29. The van der Waals surface area contributed by atoms with Gasteiger partial charge in [-0.1, -0.05) is 34.1 Å². The second kappa shape index (κ2) is 8.09. The largest absolute Gasteiger partial charge is 0.350 e. The summed E-state index contributed by atoms with van der Waals surface area (Å²) in [7, 11) is 2.04. The first kappa shape index (κ1) is 20.2. The molecule has 31 heavy (non-hydrogen) atoms. The van der Waals surface area contributed by atoms with E-state index in [1.54, 1.807) is 4.57 Å². The third-order valence-corrected chi connectivity index (χ3v) is 6.48. The van der Waals surface area contributed by atoms with Gasteiger partial charge in [0.05, 0.1) is 16.6 Å². The molecule has 152 valence electrons. The van der Waals surface area contributed by atoms with Gasteiger partial charge in [0.25, 0.3) is 5.56 Å². The lowest BCUT2D eigenvalue weighted by molar-refractivity contribution is 0.943. The number of benzene rings is 3. The maximum absolute atomic E-state index is 13.5.